The predicted octanol–water partition coefficient (Wildman–Crippen LogP) is 3.23. The lowest BCUT2D eigenvalue weighted by Gasteiger charge is -2.14. The van der Waals surface area contributed by atoms with Gasteiger partial charge in [0.2, 0.25) is 0 Å². The normalized spacial score (nSPS) is 12.5. The second-order valence-electron chi connectivity index (χ2n) is 4.55. The fraction of sp³-hybridized carbons (Fsp3) is 0.267. The second-order valence-corrected chi connectivity index (χ2v) is 4.55. The first-order chi connectivity index (χ1) is 8.50. The molecular weight excluding hydrogens is 229 g/mol. The van der Waals surface area contributed by atoms with Crippen molar-refractivity contribution in [3.8, 4) is 0 Å². The summed E-state index contributed by atoms with van der Waals surface area (Å²) in [6, 6.07) is 6.87. The Bertz CT molecular complexity index is 581. The molecular formula is C15H16FNO. The molecule has 1 aromatic carbocycles. The summed E-state index contributed by atoms with van der Waals surface area (Å²) in [4.78, 5) is 4.19. The number of hydrogen-bond donors (Lipinski definition) is 1. The zero-order valence-electron chi connectivity index (χ0n) is 10.7. The van der Waals surface area contributed by atoms with Crippen LogP contribution in [0.25, 0.3) is 0 Å². The summed E-state index contributed by atoms with van der Waals surface area (Å²) in [6.45, 7) is 5.51. The Kier molecular flexibility index (Phi) is 3.43. The molecule has 1 unspecified atom stereocenters. The average Bonchev–Trinajstić information content (AvgIpc) is 2.35. The number of aliphatic hydroxyl groups is 1. The van der Waals surface area contributed by atoms with E-state index in [1.807, 2.05) is 19.9 Å². The highest BCUT2D eigenvalue weighted by molar-refractivity contribution is 5.34. The Hall–Kier alpha value is -1.74. The molecule has 0 saturated carbocycles. The molecule has 0 aliphatic rings. The lowest BCUT2D eigenvalue weighted by molar-refractivity contribution is 0.214. The molecule has 2 aromatic rings. The summed E-state index contributed by atoms with van der Waals surface area (Å²) >= 11 is 0. The summed E-state index contributed by atoms with van der Waals surface area (Å²) in [6.07, 6.45) is 0.617. The molecule has 1 N–H and O–H groups in total. The Balaban J connectivity index is 2.44. The monoisotopic (exact) mass is 245 g/mol. The van der Waals surface area contributed by atoms with Gasteiger partial charge in [-0.05, 0) is 38.0 Å². The van der Waals surface area contributed by atoms with Crippen molar-refractivity contribution < 1.29 is 9.50 Å². The van der Waals surface area contributed by atoms with Crippen LogP contribution in [0.2, 0.25) is 0 Å². The summed E-state index contributed by atoms with van der Waals surface area (Å²) in [5, 5.41) is 10.2. The molecule has 0 amide bonds. The van der Waals surface area contributed by atoms with Gasteiger partial charge in [-0.2, -0.15) is 0 Å². The lowest BCUT2D eigenvalue weighted by Crippen LogP contribution is -2.05. The van der Waals surface area contributed by atoms with E-state index in [0.29, 0.717) is 16.7 Å². The van der Waals surface area contributed by atoms with Crippen LogP contribution in [0.3, 0.4) is 0 Å². The number of aryl methyl sites for hydroxylation is 3. The van der Waals surface area contributed by atoms with E-state index in [1.165, 1.54) is 0 Å². The van der Waals surface area contributed by atoms with Crippen LogP contribution in [0.1, 0.15) is 34.1 Å². The van der Waals surface area contributed by atoms with Gasteiger partial charge in [-0.1, -0.05) is 18.2 Å². The maximum absolute atomic E-state index is 13.9. The maximum atomic E-state index is 13.9. The number of nitrogens with zero attached hydrogens (tertiary/aromatic N) is 1. The summed E-state index contributed by atoms with van der Waals surface area (Å²) in [5.74, 6) is -0.358. The molecule has 2 nitrogen and oxygen atoms in total. The average molecular weight is 245 g/mol. The van der Waals surface area contributed by atoms with E-state index in [4.69, 9.17) is 0 Å². The van der Waals surface area contributed by atoms with Gasteiger partial charge in [0.15, 0.2) is 0 Å². The van der Waals surface area contributed by atoms with Gasteiger partial charge in [-0.15, -0.1) is 0 Å². The predicted molar refractivity (Wildman–Crippen MR) is 68.9 cm³/mol. The third-order valence-corrected chi connectivity index (χ3v) is 3.19. The van der Waals surface area contributed by atoms with E-state index in [9.17, 15) is 9.50 Å². The van der Waals surface area contributed by atoms with E-state index in [2.05, 4.69) is 4.98 Å². The number of hydrogen-bond acceptors (Lipinski definition) is 2. The zero-order valence-corrected chi connectivity index (χ0v) is 10.7. The molecule has 0 radical (unpaired) electrons. The van der Waals surface area contributed by atoms with Crippen molar-refractivity contribution in [2.24, 2.45) is 0 Å². The van der Waals surface area contributed by atoms with Crippen LogP contribution in [0.15, 0.2) is 30.5 Å². The van der Waals surface area contributed by atoms with Crippen LogP contribution in [-0.4, -0.2) is 10.1 Å². The fourth-order valence-corrected chi connectivity index (χ4v) is 1.88. The Morgan fingerprint density at radius 1 is 1.17 bits per heavy atom. The first kappa shape index (κ1) is 12.7. The third-order valence-electron chi connectivity index (χ3n) is 3.19. The van der Waals surface area contributed by atoms with E-state index < -0.39 is 6.10 Å². The molecule has 1 aromatic heterocycles. The zero-order chi connectivity index (χ0) is 13.3. The summed E-state index contributed by atoms with van der Waals surface area (Å²) in [5.41, 5.74) is 3.33. The van der Waals surface area contributed by atoms with Crippen molar-refractivity contribution in [3.05, 3.63) is 64.2 Å². The molecule has 1 atom stereocenters. The number of aliphatic hydroxyl groups excluding tert-OH is 1. The molecule has 0 spiro atoms. The van der Waals surface area contributed by atoms with Gasteiger partial charge in [-0.3, -0.25) is 4.98 Å². The van der Waals surface area contributed by atoms with Gasteiger partial charge < -0.3 is 5.11 Å². The van der Waals surface area contributed by atoms with Gasteiger partial charge in [0.05, 0.1) is 0 Å². The standard InChI is InChI=1S/C15H16FNO/c1-9-5-4-6-13(14(9)16)15(18)12-7-10(2)11(3)17-8-12/h4-8,15,18H,1-3H3. The van der Waals surface area contributed by atoms with Crippen LogP contribution in [0, 0.1) is 26.6 Å². The minimum absolute atomic E-state index is 0.292. The van der Waals surface area contributed by atoms with Crippen molar-refractivity contribution in [1.29, 1.82) is 0 Å². The Labute approximate surface area is 106 Å². The molecule has 3 heteroatoms. The van der Waals surface area contributed by atoms with Gasteiger partial charge in [0, 0.05) is 23.0 Å². The second kappa shape index (κ2) is 4.86. The number of rotatable bonds is 2. The molecule has 2 rings (SSSR count). The van der Waals surface area contributed by atoms with E-state index in [-0.39, 0.29) is 5.82 Å². The highest BCUT2D eigenvalue weighted by atomic mass is 19.1. The van der Waals surface area contributed by atoms with Crippen LogP contribution in [0.4, 0.5) is 4.39 Å². The highest BCUT2D eigenvalue weighted by Crippen LogP contribution is 2.26. The van der Waals surface area contributed by atoms with Crippen LogP contribution >= 0.6 is 0 Å². The number of aromatic nitrogens is 1. The summed E-state index contributed by atoms with van der Waals surface area (Å²) in [7, 11) is 0. The quantitative estimate of drug-likeness (QED) is 0.881. The van der Waals surface area contributed by atoms with Crippen molar-refractivity contribution in [1.82, 2.24) is 4.98 Å². The van der Waals surface area contributed by atoms with Gasteiger partial charge in [0.1, 0.15) is 11.9 Å². The Morgan fingerprint density at radius 3 is 2.56 bits per heavy atom. The van der Waals surface area contributed by atoms with Gasteiger partial charge >= 0.3 is 0 Å². The molecule has 1 heterocycles. The van der Waals surface area contributed by atoms with Crippen LogP contribution < -0.4 is 0 Å². The minimum Gasteiger partial charge on any atom is -0.383 e. The molecule has 0 bridgehead atoms. The van der Waals surface area contributed by atoms with Crippen LogP contribution in [0.5, 0.6) is 0 Å². The lowest BCUT2D eigenvalue weighted by atomic mass is 9.99. The topological polar surface area (TPSA) is 33.1 Å². The molecule has 94 valence electrons. The van der Waals surface area contributed by atoms with E-state index in [0.717, 1.165) is 11.3 Å². The molecule has 0 fully saturated rings. The highest BCUT2D eigenvalue weighted by Gasteiger charge is 2.16. The summed E-state index contributed by atoms with van der Waals surface area (Å²) < 4.78 is 13.9. The Morgan fingerprint density at radius 2 is 1.89 bits per heavy atom. The van der Waals surface area contributed by atoms with E-state index >= 15 is 0 Å². The molecule has 0 aliphatic heterocycles. The molecule has 0 aliphatic carbocycles. The first-order valence-electron chi connectivity index (χ1n) is 5.87. The van der Waals surface area contributed by atoms with Gasteiger partial charge in [-0.25, -0.2) is 4.39 Å². The van der Waals surface area contributed by atoms with Crippen molar-refractivity contribution in [2.45, 2.75) is 26.9 Å². The van der Waals surface area contributed by atoms with Crippen molar-refractivity contribution >= 4 is 0 Å². The van der Waals surface area contributed by atoms with Crippen molar-refractivity contribution in [2.75, 3.05) is 0 Å². The van der Waals surface area contributed by atoms with Gasteiger partial charge in [0.25, 0.3) is 0 Å². The molecule has 18 heavy (non-hydrogen) atoms. The number of pyridine rings is 1. The third kappa shape index (κ3) is 2.27. The largest absolute Gasteiger partial charge is 0.383 e. The van der Waals surface area contributed by atoms with Crippen molar-refractivity contribution in [3.63, 3.8) is 0 Å². The first-order valence-corrected chi connectivity index (χ1v) is 5.87. The maximum Gasteiger partial charge on any atom is 0.132 e. The number of halogens is 1. The van der Waals surface area contributed by atoms with Crippen LogP contribution in [-0.2, 0) is 0 Å². The number of benzene rings is 1. The van der Waals surface area contributed by atoms with E-state index in [1.54, 1.807) is 31.3 Å². The minimum atomic E-state index is -0.975. The SMILES string of the molecule is Cc1cc(C(O)c2cccc(C)c2F)cnc1C. The fourth-order valence-electron chi connectivity index (χ4n) is 1.88. The smallest absolute Gasteiger partial charge is 0.132 e. The molecule has 0 saturated heterocycles.